The lowest BCUT2D eigenvalue weighted by molar-refractivity contribution is 0.0922. The van der Waals surface area contributed by atoms with Gasteiger partial charge in [0, 0.05) is 10.6 Å². The van der Waals surface area contributed by atoms with Gasteiger partial charge in [0.05, 0.1) is 8.80 Å². The Kier molecular flexibility index (Phi) is 5.96. The molecular weight excluding hydrogens is 308 g/mol. The van der Waals surface area contributed by atoms with Crippen molar-refractivity contribution >= 4 is 14.6 Å². The van der Waals surface area contributed by atoms with Crippen LogP contribution in [-0.2, 0) is 0 Å². The molecule has 1 aliphatic heterocycles. The molecule has 2 fully saturated rings. The van der Waals surface area contributed by atoms with Gasteiger partial charge in [-0.15, -0.1) is 0 Å². The van der Waals surface area contributed by atoms with Crippen LogP contribution in [0, 0.1) is 0 Å². The number of rotatable bonds is 6. The highest BCUT2D eigenvalue weighted by Gasteiger charge is 2.44. The predicted octanol–water partition coefficient (Wildman–Crippen LogP) is 6.50. The molecule has 2 heteroatoms. The van der Waals surface area contributed by atoms with Crippen LogP contribution in [0.2, 0.25) is 17.1 Å². The van der Waals surface area contributed by atoms with E-state index in [0.29, 0.717) is 5.78 Å². The lowest BCUT2D eigenvalue weighted by Crippen LogP contribution is -2.37. The van der Waals surface area contributed by atoms with Gasteiger partial charge < -0.3 is 0 Å². The molecule has 132 valence electrons. The number of carbonyl (C=O) groups excluding carboxylic acids is 1. The van der Waals surface area contributed by atoms with Gasteiger partial charge in [-0.2, -0.15) is 0 Å². The Morgan fingerprint density at radius 1 is 0.958 bits per heavy atom. The maximum absolute atomic E-state index is 13.4. The molecule has 1 heterocycles. The minimum absolute atomic E-state index is 0.0167. The van der Waals surface area contributed by atoms with E-state index in [-0.39, 0.29) is 5.04 Å². The quantitative estimate of drug-likeness (QED) is 0.426. The molecule has 1 saturated heterocycles. The smallest absolute Gasteiger partial charge is 0.165 e. The van der Waals surface area contributed by atoms with Gasteiger partial charge in [0.15, 0.2) is 5.78 Å². The maximum atomic E-state index is 13.4. The van der Waals surface area contributed by atoms with Crippen molar-refractivity contribution in [3.63, 3.8) is 0 Å². The van der Waals surface area contributed by atoms with Gasteiger partial charge in [0.1, 0.15) is 0 Å². The average Bonchev–Trinajstić information content (AvgIpc) is 3.19. The second-order valence-electron chi connectivity index (χ2n) is 8.13. The summed E-state index contributed by atoms with van der Waals surface area (Å²) in [5, 5.41) is 0.0167. The summed E-state index contributed by atoms with van der Waals surface area (Å²) < 4.78 is 0. The van der Waals surface area contributed by atoms with Crippen molar-refractivity contribution in [2.45, 2.75) is 94.7 Å². The van der Waals surface area contributed by atoms with Crippen LogP contribution < -0.4 is 0 Å². The van der Waals surface area contributed by atoms with Crippen molar-refractivity contribution in [1.82, 2.24) is 0 Å². The molecule has 0 amide bonds. The number of hydrogen-bond acceptors (Lipinski definition) is 1. The number of ketones is 1. The molecule has 1 aromatic rings. The van der Waals surface area contributed by atoms with Crippen LogP contribution in [-0.4, -0.2) is 14.6 Å². The normalized spacial score (nSPS) is 20.4. The van der Waals surface area contributed by atoms with E-state index in [1.165, 1.54) is 62.6 Å². The highest BCUT2D eigenvalue weighted by atomic mass is 28.3. The van der Waals surface area contributed by atoms with Crippen molar-refractivity contribution in [3.05, 3.63) is 35.4 Å². The predicted molar refractivity (Wildman–Crippen MR) is 106 cm³/mol. The van der Waals surface area contributed by atoms with Gasteiger partial charge in [0.2, 0.25) is 0 Å². The van der Waals surface area contributed by atoms with Gasteiger partial charge >= 0.3 is 0 Å². The summed E-state index contributed by atoms with van der Waals surface area (Å²) in [6.45, 7) is 4.51. The molecule has 0 unspecified atom stereocenters. The third-order valence-electron chi connectivity index (χ3n) is 7.10. The largest absolute Gasteiger partial charge is 0.294 e. The molecule has 0 spiro atoms. The van der Waals surface area contributed by atoms with Gasteiger partial charge in [-0.1, -0.05) is 82.3 Å². The van der Waals surface area contributed by atoms with E-state index < -0.39 is 8.80 Å². The Morgan fingerprint density at radius 3 is 2.08 bits per heavy atom. The van der Waals surface area contributed by atoms with E-state index >= 15 is 0 Å². The van der Waals surface area contributed by atoms with Crippen LogP contribution in [0.1, 0.15) is 93.5 Å². The molecule has 0 atom stereocenters. The molecular formula is C22H34OSi. The Labute approximate surface area is 149 Å². The van der Waals surface area contributed by atoms with Gasteiger partial charge in [-0.05, 0) is 37.2 Å². The lowest BCUT2D eigenvalue weighted by Gasteiger charge is -2.35. The minimum atomic E-state index is -0.949. The number of hydrogen-bond donors (Lipinski definition) is 0. The molecule has 0 radical (unpaired) electrons. The molecule has 0 bridgehead atoms. The summed E-state index contributed by atoms with van der Waals surface area (Å²) in [6, 6.07) is 11.6. The zero-order chi connectivity index (χ0) is 17.0. The van der Waals surface area contributed by atoms with Crippen LogP contribution in [0.4, 0.5) is 0 Å². The molecule has 2 aliphatic rings. The number of benzene rings is 1. The fourth-order valence-electron chi connectivity index (χ4n) is 5.44. The van der Waals surface area contributed by atoms with E-state index in [0.717, 1.165) is 24.3 Å². The van der Waals surface area contributed by atoms with Crippen LogP contribution >= 0.6 is 0 Å². The topological polar surface area (TPSA) is 17.1 Å². The van der Waals surface area contributed by atoms with E-state index in [1.54, 1.807) is 0 Å². The summed E-state index contributed by atoms with van der Waals surface area (Å²) in [5.74, 6) is 1.20. The number of carbonyl (C=O) groups is 1. The molecule has 3 rings (SSSR count). The summed E-state index contributed by atoms with van der Waals surface area (Å²) in [7, 11) is -0.949. The van der Waals surface area contributed by atoms with E-state index in [4.69, 9.17) is 0 Å². The van der Waals surface area contributed by atoms with E-state index in [1.807, 2.05) is 0 Å². The second-order valence-corrected chi connectivity index (χ2v) is 11.8. The molecule has 1 aliphatic carbocycles. The van der Waals surface area contributed by atoms with Crippen LogP contribution in [0.5, 0.6) is 0 Å². The molecule has 1 saturated carbocycles. The minimum Gasteiger partial charge on any atom is -0.294 e. The summed E-state index contributed by atoms with van der Waals surface area (Å²) in [4.78, 5) is 13.4. The van der Waals surface area contributed by atoms with Gasteiger partial charge in [0.25, 0.3) is 0 Å². The van der Waals surface area contributed by atoms with Crippen molar-refractivity contribution in [2.24, 2.45) is 0 Å². The first kappa shape index (κ1) is 17.9. The molecule has 0 aromatic heterocycles. The van der Waals surface area contributed by atoms with Crippen molar-refractivity contribution in [3.8, 4) is 0 Å². The molecule has 1 aromatic carbocycles. The average molecular weight is 343 g/mol. The monoisotopic (exact) mass is 342 g/mol. The lowest BCUT2D eigenvalue weighted by atomic mass is 9.83. The summed E-state index contributed by atoms with van der Waals surface area (Å²) in [6.07, 6.45) is 11.6. The fourth-order valence-corrected chi connectivity index (χ4v) is 10.1. The van der Waals surface area contributed by atoms with Crippen molar-refractivity contribution in [2.75, 3.05) is 0 Å². The van der Waals surface area contributed by atoms with Crippen LogP contribution in [0.15, 0.2) is 24.3 Å². The van der Waals surface area contributed by atoms with Crippen molar-refractivity contribution in [1.29, 1.82) is 0 Å². The highest BCUT2D eigenvalue weighted by molar-refractivity contribution is 6.68. The fraction of sp³-hybridized carbons (Fsp3) is 0.682. The zero-order valence-electron chi connectivity index (χ0n) is 15.7. The third-order valence-corrected chi connectivity index (χ3v) is 12.0. The van der Waals surface area contributed by atoms with Gasteiger partial charge in [-0.25, -0.2) is 0 Å². The Hall–Kier alpha value is -0.893. The zero-order valence-corrected chi connectivity index (χ0v) is 16.8. The number of Topliss-reactive ketones (excluding diaryl/α,β-unsaturated/α-hetero) is 1. The second kappa shape index (κ2) is 7.99. The molecule has 24 heavy (non-hydrogen) atoms. The third kappa shape index (κ3) is 3.40. The highest BCUT2D eigenvalue weighted by Crippen LogP contribution is 2.47. The Bertz CT molecular complexity index is 532. The van der Waals surface area contributed by atoms with Crippen LogP contribution in [0.25, 0.3) is 0 Å². The Balaban J connectivity index is 1.79. The van der Waals surface area contributed by atoms with Crippen LogP contribution in [0.3, 0.4) is 0 Å². The molecule has 1 nitrogen and oxygen atoms in total. The first-order valence-corrected chi connectivity index (χ1v) is 12.6. The van der Waals surface area contributed by atoms with E-state index in [9.17, 15) is 4.79 Å². The summed E-state index contributed by atoms with van der Waals surface area (Å²) >= 11 is 0. The standard InChI is InChI=1S/C22H34OSi/c1-3-22(4-2,24-16-8-9-17-24)21(23)20-14-12-19(13-15-20)18-10-6-5-7-11-18/h12-15,18,24H,3-11,16-17H2,1-2H3. The van der Waals surface area contributed by atoms with Crippen molar-refractivity contribution < 1.29 is 4.79 Å². The summed E-state index contributed by atoms with van der Waals surface area (Å²) in [5.41, 5.74) is 2.45. The SMILES string of the molecule is CCC(CC)(C(=O)c1ccc(C2CCCCC2)cc1)[SiH]1CCCC1. The first-order chi connectivity index (χ1) is 11.7. The Morgan fingerprint density at radius 2 is 1.54 bits per heavy atom. The van der Waals surface area contributed by atoms with Gasteiger partial charge in [-0.3, -0.25) is 4.79 Å². The maximum Gasteiger partial charge on any atom is 0.165 e. The molecule has 0 N–H and O–H groups in total. The van der Waals surface area contributed by atoms with E-state index in [2.05, 4.69) is 38.1 Å². The first-order valence-electron chi connectivity index (χ1n) is 10.4.